The lowest BCUT2D eigenvalue weighted by atomic mass is 10.1. The second-order valence-corrected chi connectivity index (χ2v) is 8.18. The van der Waals surface area contributed by atoms with Crippen molar-refractivity contribution >= 4 is 17.6 Å². The number of halogens is 3. The van der Waals surface area contributed by atoms with Gasteiger partial charge < -0.3 is 20.0 Å². The SMILES string of the molecule is CN(C)CCCNC(=O)c1ccc(N2CCN(C(=O)c3cccc(C(F)(F)F)c3)CC2)nc1. The molecule has 7 nitrogen and oxygen atoms in total. The van der Waals surface area contributed by atoms with Crippen molar-refractivity contribution in [1.82, 2.24) is 20.1 Å². The first kappa shape index (κ1) is 24.5. The van der Waals surface area contributed by atoms with E-state index >= 15 is 0 Å². The second kappa shape index (κ2) is 10.7. The minimum Gasteiger partial charge on any atom is -0.353 e. The summed E-state index contributed by atoms with van der Waals surface area (Å²) in [6, 6.07) is 7.96. The summed E-state index contributed by atoms with van der Waals surface area (Å²) in [4.78, 5) is 34.8. The number of amides is 2. The maximum atomic E-state index is 12.9. The molecule has 0 aliphatic carbocycles. The van der Waals surface area contributed by atoms with Gasteiger partial charge in [0.05, 0.1) is 11.1 Å². The molecule has 2 amide bonds. The Kier molecular flexibility index (Phi) is 7.91. The third kappa shape index (κ3) is 6.67. The third-order valence-electron chi connectivity index (χ3n) is 5.41. The van der Waals surface area contributed by atoms with Gasteiger partial charge in [0.1, 0.15) is 5.82 Å². The molecule has 1 aliphatic rings. The lowest BCUT2D eigenvalue weighted by molar-refractivity contribution is -0.137. The fraction of sp³-hybridized carbons (Fsp3) is 0.435. The summed E-state index contributed by atoms with van der Waals surface area (Å²) in [7, 11) is 3.96. The maximum absolute atomic E-state index is 12.9. The molecule has 1 aromatic carbocycles. The van der Waals surface area contributed by atoms with E-state index in [1.807, 2.05) is 19.0 Å². The average molecular weight is 464 g/mol. The Morgan fingerprint density at radius 2 is 1.79 bits per heavy atom. The van der Waals surface area contributed by atoms with Gasteiger partial charge in [0.15, 0.2) is 0 Å². The fourth-order valence-electron chi connectivity index (χ4n) is 3.56. The van der Waals surface area contributed by atoms with E-state index in [9.17, 15) is 22.8 Å². The van der Waals surface area contributed by atoms with Gasteiger partial charge in [-0.05, 0) is 57.4 Å². The number of benzene rings is 1. The van der Waals surface area contributed by atoms with E-state index in [1.165, 1.54) is 18.3 Å². The molecule has 178 valence electrons. The van der Waals surface area contributed by atoms with Crippen LogP contribution in [-0.4, -0.2) is 80.0 Å². The van der Waals surface area contributed by atoms with Crippen molar-refractivity contribution in [2.45, 2.75) is 12.6 Å². The fourth-order valence-corrected chi connectivity index (χ4v) is 3.56. The zero-order chi connectivity index (χ0) is 24.0. The highest BCUT2D eigenvalue weighted by Crippen LogP contribution is 2.30. The van der Waals surface area contributed by atoms with Crippen LogP contribution in [0.4, 0.5) is 19.0 Å². The Labute approximate surface area is 191 Å². The zero-order valence-corrected chi connectivity index (χ0v) is 18.7. The average Bonchev–Trinajstić information content (AvgIpc) is 2.81. The van der Waals surface area contributed by atoms with Crippen LogP contribution in [0.3, 0.4) is 0 Å². The molecule has 10 heteroatoms. The predicted octanol–water partition coefficient (Wildman–Crippen LogP) is 2.74. The first-order valence-electron chi connectivity index (χ1n) is 10.8. The zero-order valence-electron chi connectivity index (χ0n) is 18.7. The molecule has 3 rings (SSSR count). The van der Waals surface area contributed by atoms with Gasteiger partial charge in [-0.15, -0.1) is 0 Å². The van der Waals surface area contributed by atoms with Gasteiger partial charge in [-0.1, -0.05) is 6.07 Å². The molecule has 0 bridgehead atoms. The maximum Gasteiger partial charge on any atom is 0.416 e. The van der Waals surface area contributed by atoms with Crippen LogP contribution in [0.5, 0.6) is 0 Å². The molecule has 0 radical (unpaired) electrons. The molecule has 33 heavy (non-hydrogen) atoms. The number of pyridine rings is 1. The molecule has 1 aliphatic heterocycles. The van der Waals surface area contributed by atoms with E-state index in [0.717, 1.165) is 25.1 Å². The quantitative estimate of drug-likeness (QED) is 0.640. The smallest absolute Gasteiger partial charge is 0.353 e. The number of rotatable bonds is 7. The molecule has 1 saturated heterocycles. The van der Waals surface area contributed by atoms with Gasteiger partial charge in [0.2, 0.25) is 0 Å². The third-order valence-corrected chi connectivity index (χ3v) is 5.41. The van der Waals surface area contributed by atoms with Crippen LogP contribution in [0.1, 0.15) is 32.7 Å². The topological polar surface area (TPSA) is 68.8 Å². The number of hydrogen-bond acceptors (Lipinski definition) is 5. The van der Waals surface area contributed by atoms with Crippen LogP contribution in [0, 0.1) is 0 Å². The Balaban J connectivity index is 1.52. The Morgan fingerprint density at radius 1 is 1.06 bits per heavy atom. The number of hydrogen-bond donors (Lipinski definition) is 1. The molecule has 0 atom stereocenters. The molecular weight excluding hydrogens is 435 g/mol. The molecule has 0 spiro atoms. The van der Waals surface area contributed by atoms with Crippen LogP contribution in [0.2, 0.25) is 0 Å². The molecule has 2 aromatic rings. The van der Waals surface area contributed by atoms with Crippen LogP contribution in [0.25, 0.3) is 0 Å². The number of anilines is 1. The molecular formula is C23H28F3N5O2. The Morgan fingerprint density at radius 3 is 2.39 bits per heavy atom. The first-order valence-corrected chi connectivity index (χ1v) is 10.8. The van der Waals surface area contributed by atoms with Crippen LogP contribution in [-0.2, 0) is 6.18 Å². The summed E-state index contributed by atoms with van der Waals surface area (Å²) >= 11 is 0. The van der Waals surface area contributed by atoms with Crippen molar-refractivity contribution in [3.63, 3.8) is 0 Å². The summed E-state index contributed by atoms with van der Waals surface area (Å²) in [5, 5.41) is 2.87. The number of aromatic nitrogens is 1. The lowest BCUT2D eigenvalue weighted by Crippen LogP contribution is -2.49. The second-order valence-electron chi connectivity index (χ2n) is 8.18. The van der Waals surface area contributed by atoms with Crippen LogP contribution < -0.4 is 10.2 Å². The van der Waals surface area contributed by atoms with E-state index in [-0.39, 0.29) is 11.5 Å². The lowest BCUT2D eigenvalue weighted by Gasteiger charge is -2.35. The van der Waals surface area contributed by atoms with E-state index in [0.29, 0.717) is 44.1 Å². The summed E-state index contributed by atoms with van der Waals surface area (Å²) in [6.45, 7) is 3.19. The van der Waals surface area contributed by atoms with Crippen LogP contribution in [0.15, 0.2) is 42.6 Å². The highest BCUT2D eigenvalue weighted by molar-refractivity contribution is 5.95. The highest BCUT2D eigenvalue weighted by Gasteiger charge is 2.31. The van der Waals surface area contributed by atoms with E-state index in [2.05, 4.69) is 15.2 Å². The summed E-state index contributed by atoms with van der Waals surface area (Å²) in [5.74, 6) is 0.0876. The number of piperazine rings is 1. The van der Waals surface area contributed by atoms with Gasteiger partial charge >= 0.3 is 6.18 Å². The number of nitrogens with zero attached hydrogens (tertiary/aromatic N) is 4. The van der Waals surface area contributed by atoms with Crippen molar-refractivity contribution in [2.75, 3.05) is 58.3 Å². The molecule has 0 unspecified atom stereocenters. The molecule has 1 aromatic heterocycles. The standard InChI is InChI=1S/C23H28F3N5O2/c1-29(2)10-4-9-27-21(32)18-7-8-20(28-16-18)30-11-13-31(14-12-30)22(33)17-5-3-6-19(15-17)23(24,25)26/h3,5-8,15-16H,4,9-14H2,1-2H3,(H,27,32). The first-order chi connectivity index (χ1) is 15.6. The van der Waals surface area contributed by atoms with Crippen molar-refractivity contribution in [3.8, 4) is 0 Å². The molecule has 0 saturated carbocycles. The van der Waals surface area contributed by atoms with Crippen LogP contribution >= 0.6 is 0 Å². The Hall–Kier alpha value is -3.14. The minimum absolute atomic E-state index is 0.0253. The molecule has 1 fully saturated rings. The largest absolute Gasteiger partial charge is 0.416 e. The Bertz CT molecular complexity index is 955. The van der Waals surface area contributed by atoms with E-state index in [4.69, 9.17) is 0 Å². The van der Waals surface area contributed by atoms with E-state index in [1.54, 1.807) is 17.0 Å². The van der Waals surface area contributed by atoms with Gasteiger partial charge in [0, 0.05) is 44.5 Å². The molecule has 2 heterocycles. The predicted molar refractivity (Wildman–Crippen MR) is 119 cm³/mol. The van der Waals surface area contributed by atoms with Crippen molar-refractivity contribution in [2.24, 2.45) is 0 Å². The number of carbonyl (C=O) groups is 2. The van der Waals surface area contributed by atoms with Crippen molar-refractivity contribution in [3.05, 3.63) is 59.3 Å². The number of alkyl halides is 3. The monoisotopic (exact) mass is 463 g/mol. The summed E-state index contributed by atoms with van der Waals surface area (Å²) in [6.07, 6.45) is -2.11. The van der Waals surface area contributed by atoms with Crippen molar-refractivity contribution < 1.29 is 22.8 Å². The minimum atomic E-state index is -4.49. The van der Waals surface area contributed by atoms with Gasteiger partial charge in [-0.2, -0.15) is 13.2 Å². The summed E-state index contributed by atoms with van der Waals surface area (Å²) < 4.78 is 38.8. The van der Waals surface area contributed by atoms with Crippen molar-refractivity contribution in [1.29, 1.82) is 0 Å². The van der Waals surface area contributed by atoms with E-state index < -0.39 is 17.6 Å². The van der Waals surface area contributed by atoms with Gasteiger partial charge in [0.25, 0.3) is 11.8 Å². The normalized spacial score (nSPS) is 14.5. The van der Waals surface area contributed by atoms with Gasteiger partial charge in [-0.25, -0.2) is 4.98 Å². The summed E-state index contributed by atoms with van der Waals surface area (Å²) in [5.41, 5.74) is -0.336. The molecule has 1 N–H and O–H groups in total. The number of carbonyl (C=O) groups excluding carboxylic acids is 2. The number of nitrogens with one attached hydrogen (secondary N) is 1. The highest BCUT2D eigenvalue weighted by atomic mass is 19.4. The van der Waals surface area contributed by atoms with Gasteiger partial charge in [-0.3, -0.25) is 9.59 Å².